The number of aryl methyl sites for hydroxylation is 1. The number of rotatable bonds is 3. The molecule has 22 heavy (non-hydrogen) atoms. The molecule has 118 valence electrons. The van der Waals surface area contributed by atoms with Crippen LogP contribution in [0.2, 0.25) is 5.15 Å². The number of thiophene rings is 1. The topological polar surface area (TPSA) is 39.2 Å². The van der Waals surface area contributed by atoms with E-state index in [-0.39, 0.29) is 18.8 Å². The average molecular weight is 346 g/mol. The largest absolute Gasteiger partial charge is 0.457 e. The number of esters is 1. The molecule has 0 amide bonds. The fraction of sp³-hybridized carbons (Fsp3) is 0.467. The molecule has 0 aliphatic heterocycles. The third kappa shape index (κ3) is 2.82. The van der Waals surface area contributed by atoms with Gasteiger partial charge in [0.05, 0.1) is 4.88 Å². The summed E-state index contributed by atoms with van der Waals surface area (Å²) in [7, 11) is 0. The van der Waals surface area contributed by atoms with Gasteiger partial charge in [0.1, 0.15) is 16.1 Å². The second-order valence-electron chi connectivity index (χ2n) is 5.63. The molecular weight excluding hydrogens is 332 g/mol. The number of pyridine rings is 1. The third-order valence-electron chi connectivity index (χ3n) is 3.91. The molecule has 1 saturated carbocycles. The molecule has 7 heteroatoms. The zero-order chi connectivity index (χ0) is 16.1. The molecule has 0 saturated heterocycles. The summed E-state index contributed by atoms with van der Waals surface area (Å²) in [5.41, 5.74) is 0.908. The van der Waals surface area contributed by atoms with Gasteiger partial charge in [-0.25, -0.2) is 13.8 Å². The zero-order valence-electron chi connectivity index (χ0n) is 12.0. The first kappa shape index (κ1) is 15.6. The van der Waals surface area contributed by atoms with E-state index in [1.165, 1.54) is 18.3 Å². The van der Waals surface area contributed by atoms with Crippen LogP contribution >= 0.6 is 22.9 Å². The van der Waals surface area contributed by atoms with Gasteiger partial charge in [-0.3, -0.25) is 4.79 Å². The van der Waals surface area contributed by atoms with Gasteiger partial charge in [-0.05, 0) is 24.6 Å². The molecule has 1 fully saturated rings. The number of halogens is 3. The van der Waals surface area contributed by atoms with Crippen LogP contribution in [-0.2, 0) is 9.53 Å². The van der Waals surface area contributed by atoms with Crippen molar-refractivity contribution in [2.24, 2.45) is 5.92 Å². The lowest BCUT2D eigenvalue weighted by molar-refractivity contribution is -0.172. The van der Waals surface area contributed by atoms with Crippen molar-refractivity contribution in [1.29, 1.82) is 0 Å². The van der Waals surface area contributed by atoms with Crippen molar-refractivity contribution in [3.63, 3.8) is 0 Å². The maximum atomic E-state index is 13.2. The second-order valence-corrected chi connectivity index (χ2v) is 7.05. The summed E-state index contributed by atoms with van der Waals surface area (Å²) in [6, 6.07) is 3.53. The minimum absolute atomic E-state index is 0.257. The fourth-order valence-electron chi connectivity index (χ4n) is 2.83. The van der Waals surface area contributed by atoms with E-state index < -0.39 is 18.0 Å². The van der Waals surface area contributed by atoms with Crippen LogP contribution in [0.3, 0.4) is 0 Å². The molecule has 0 radical (unpaired) electrons. The van der Waals surface area contributed by atoms with E-state index in [1.807, 2.05) is 13.0 Å². The maximum absolute atomic E-state index is 13.2. The summed E-state index contributed by atoms with van der Waals surface area (Å²) < 4.78 is 31.7. The van der Waals surface area contributed by atoms with E-state index in [0.717, 1.165) is 20.7 Å². The Hall–Kier alpha value is -1.27. The first-order valence-electron chi connectivity index (χ1n) is 6.87. The van der Waals surface area contributed by atoms with Crippen molar-refractivity contribution in [2.75, 3.05) is 0 Å². The van der Waals surface area contributed by atoms with Crippen molar-refractivity contribution in [1.82, 2.24) is 4.98 Å². The highest BCUT2D eigenvalue weighted by Gasteiger charge is 2.50. The number of hydrogen-bond acceptors (Lipinski definition) is 4. The molecule has 2 heterocycles. The molecule has 1 unspecified atom stereocenters. The number of alkyl halides is 2. The molecule has 0 N–H and O–H groups in total. The number of nitrogens with zero attached hydrogens (tertiary/aromatic N) is 1. The SMILES string of the molecule is CC(=O)OC(c1sc2nc(Cl)ccc2c1C)C1CC(F)(F)C1. The molecule has 3 nitrogen and oxygen atoms in total. The summed E-state index contributed by atoms with van der Waals surface area (Å²) in [5.74, 6) is -3.49. The quantitative estimate of drug-likeness (QED) is 0.586. The number of aromatic nitrogens is 1. The maximum Gasteiger partial charge on any atom is 0.303 e. The fourth-order valence-corrected chi connectivity index (χ4v) is 4.33. The van der Waals surface area contributed by atoms with E-state index in [1.54, 1.807) is 6.07 Å². The van der Waals surface area contributed by atoms with Gasteiger partial charge in [0.25, 0.3) is 0 Å². The van der Waals surface area contributed by atoms with Crippen LogP contribution < -0.4 is 0 Å². The van der Waals surface area contributed by atoms with Crippen molar-refractivity contribution in [2.45, 2.75) is 38.7 Å². The Kier molecular flexibility index (Phi) is 3.85. The molecular formula is C15H14ClF2NO2S. The zero-order valence-corrected chi connectivity index (χ0v) is 13.6. The molecule has 1 aliphatic carbocycles. The summed E-state index contributed by atoms with van der Waals surface area (Å²) in [6.45, 7) is 3.18. The summed E-state index contributed by atoms with van der Waals surface area (Å²) in [4.78, 5) is 17.1. The molecule has 2 aromatic rings. The monoisotopic (exact) mass is 345 g/mol. The highest BCUT2D eigenvalue weighted by atomic mass is 35.5. The van der Waals surface area contributed by atoms with Crippen LogP contribution in [0.15, 0.2) is 12.1 Å². The smallest absolute Gasteiger partial charge is 0.303 e. The molecule has 1 aliphatic rings. The number of hydrogen-bond donors (Lipinski definition) is 0. The van der Waals surface area contributed by atoms with Crippen LogP contribution in [0.5, 0.6) is 0 Å². The minimum atomic E-state index is -2.66. The summed E-state index contributed by atoms with van der Waals surface area (Å²) >= 11 is 7.24. The Labute approximate surface area is 135 Å². The van der Waals surface area contributed by atoms with E-state index >= 15 is 0 Å². The van der Waals surface area contributed by atoms with Crippen LogP contribution in [-0.4, -0.2) is 16.9 Å². The van der Waals surface area contributed by atoms with Gasteiger partial charge in [-0.2, -0.15) is 0 Å². The average Bonchev–Trinajstić information content (AvgIpc) is 2.69. The number of ether oxygens (including phenoxy) is 1. The standard InChI is InChI=1S/C15H14ClF2NO2S/c1-7-10-3-4-11(16)19-14(10)22-13(7)12(21-8(2)20)9-5-15(17,18)6-9/h3-4,9,12H,5-6H2,1-2H3. The van der Waals surface area contributed by atoms with Crippen molar-refractivity contribution in [3.8, 4) is 0 Å². The Morgan fingerprint density at radius 1 is 1.50 bits per heavy atom. The molecule has 1 atom stereocenters. The lowest BCUT2D eigenvalue weighted by atomic mass is 9.76. The Bertz CT molecular complexity index is 738. The van der Waals surface area contributed by atoms with E-state index in [4.69, 9.17) is 16.3 Å². The second kappa shape index (κ2) is 5.42. The van der Waals surface area contributed by atoms with Gasteiger partial charge in [-0.15, -0.1) is 11.3 Å². The Morgan fingerprint density at radius 3 is 2.77 bits per heavy atom. The number of carbonyl (C=O) groups is 1. The Morgan fingerprint density at radius 2 is 2.18 bits per heavy atom. The van der Waals surface area contributed by atoms with Gasteiger partial charge in [0.2, 0.25) is 5.92 Å². The lowest BCUT2D eigenvalue weighted by Gasteiger charge is -2.39. The van der Waals surface area contributed by atoms with E-state index in [0.29, 0.717) is 5.15 Å². The first-order chi connectivity index (χ1) is 10.3. The molecule has 0 spiro atoms. The van der Waals surface area contributed by atoms with Crippen LogP contribution in [0, 0.1) is 12.8 Å². The highest BCUT2D eigenvalue weighted by Crippen LogP contribution is 2.51. The van der Waals surface area contributed by atoms with Gasteiger partial charge >= 0.3 is 5.97 Å². The van der Waals surface area contributed by atoms with Crippen LogP contribution in [0.1, 0.15) is 36.3 Å². The number of carbonyl (C=O) groups excluding carboxylic acids is 1. The molecule has 2 aromatic heterocycles. The van der Waals surface area contributed by atoms with Gasteiger partial charge < -0.3 is 4.74 Å². The van der Waals surface area contributed by atoms with Gasteiger partial charge in [-0.1, -0.05) is 11.6 Å². The van der Waals surface area contributed by atoms with Gasteiger partial charge in [0.15, 0.2) is 0 Å². The van der Waals surface area contributed by atoms with Crippen LogP contribution in [0.4, 0.5) is 8.78 Å². The lowest BCUT2D eigenvalue weighted by Crippen LogP contribution is -2.39. The predicted octanol–water partition coefficient (Wildman–Crippen LogP) is 4.91. The van der Waals surface area contributed by atoms with Crippen LogP contribution in [0.25, 0.3) is 10.2 Å². The molecule has 0 aromatic carbocycles. The molecule has 0 bridgehead atoms. The highest BCUT2D eigenvalue weighted by molar-refractivity contribution is 7.19. The van der Waals surface area contributed by atoms with E-state index in [9.17, 15) is 13.6 Å². The Balaban J connectivity index is 2.00. The number of fused-ring (bicyclic) bond motifs is 1. The molecule has 3 rings (SSSR count). The minimum Gasteiger partial charge on any atom is -0.457 e. The van der Waals surface area contributed by atoms with Crippen molar-refractivity contribution in [3.05, 3.63) is 27.7 Å². The summed E-state index contributed by atoms with van der Waals surface area (Å²) in [6.07, 6.45) is -1.16. The predicted molar refractivity (Wildman–Crippen MR) is 81.5 cm³/mol. The van der Waals surface area contributed by atoms with E-state index in [2.05, 4.69) is 4.98 Å². The van der Waals surface area contributed by atoms with Gasteiger partial charge in [0, 0.05) is 31.1 Å². The first-order valence-corrected chi connectivity index (χ1v) is 8.07. The summed E-state index contributed by atoms with van der Waals surface area (Å²) in [5, 5.41) is 1.28. The van der Waals surface area contributed by atoms with Crippen molar-refractivity contribution >= 4 is 39.1 Å². The third-order valence-corrected chi connectivity index (χ3v) is 5.38. The normalized spacial score (nSPS) is 19.0. The van der Waals surface area contributed by atoms with Crippen molar-refractivity contribution < 1.29 is 18.3 Å².